The molecule has 2 rings (SSSR count). The number of hydrogen-bond acceptors (Lipinski definition) is 4. The average Bonchev–Trinajstić information content (AvgIpc) is 2.83. The Labute approximate surface area is 272 Å². The van der Waals surface area contributed by atoms with E-state index in [4.69, 9.17) is 18.9 Å². The normalized spacial score (nSPS) is 13.5. The van der Waals surface area contributed by atoms with Gasteiger partial charge in [-0.25, -0.2) is 0 Å². The van der Waals surface area contributed by atoms with Gasteiger partial charge in [0.25, 0.3) is 0 Å². The van der Waals surface area contributed by atoms with Gasteiger partial charge in [-0.15, -0.1) is 0 Å². The van der Waals surface area contributed by atoms with Crippen LogP contribution in [-0.4, -0.2) is 49.3 Å². The third-order valence-corrected chi connectivity index (χ3v) is 8.96. The van der Waals surface area contributed by atoms with E-state index in [1.807, 2.05) is 0 Å². The molecule has 0 saturated carbocycles. The van der Waals surface area contributed by atoms with E-state index in [1.165, 1.54) is 0 Å². The SMILES string of the molecule is CCCOCC(Br)COc1c(Br)cc(C(C)(C)c2cc(Br)c(OCC(Br)COCCC)c(Br)c2)cc1Br. The zero-order chi connectivity index (χ0) is 27.6. The Morgan fingerprint density at radius 2 is 0.946 bits per heavy atom. The van der Waals surface area contributed by atoms with Crippen LogP contribution >= 0.6 is 95.6 Å². The lowest BCUT2D eigenvalue weighted by Gasteiger charge is -2.28. The highest BCUT2D eigenvalue weighted by molar-refractivity contribution is 9.11. The van der Waals surface area contributed by atoms with Crippen LogP contribution in [-0.2, 0) is 14.9 Å². The molecule has 0 bridgehead atoms. The lowest BCUT2D eigenvalue weighted by molar-refractivity contribution is 0.125. The van der Waals surface area contributed by atoms with E-state index in [1.54, 1.807) is 0 Å². The van der Waals surface area contributed by atoms with Crippen molar-refractivity contribution < 1.29 is 18.9 Å². The molecule has 0 aliphatic rings. The maximum atomic E-state index is 6.10. The number of alkyl halides is 2. The molecule has 208 valence electrons. The largest absolute Gasteiger partial charge is 0.490 e. The Morgan fingerprint density at radius 1 is 0.622 bits per heavy atom. The third-order valence-electron chi connectivity index (χ3n) is 5.55. The fourth-order valence-electron chi connectivity index (χ4n) is 3.44. The number of benzene rings is 2. The second kappa shape index (κ2) is 16.9. The molecule has 0 saturated heterocycles. The molecule has 0 fully saturated rings. The summed E-state index contributed by atoms with van der Waals surface area (Å²) in [6.45, 7) is 12.3. The van der Waals surface area contributed by atoms with Gasteiger partial charge in [0, 0.05) is 18.6 Å². The van der Waals surface area contributed by atoms with Crippen LogP contribution in [0, 0.1) is 0 Å². The van der Waals surface area contributed by atoms with Crippen LogP contribution in [0.4, 0.5) is 0 Å². The molecule has 4 nitrogen and oxygen atoms in total. The molecule has 0 radical (unpaired) electrons. The molecule has 10 heteroatoms. The highest BCUT2D eigenvalue weighted by Gasteiger charge is 2.27. The summed E-state index contributed by atoms with van der Waals surface area (Å²) in [5, 5.41) is 0. The molecule has 2 atom stereocenters. The van der Waals surface area contributed by atoms with Crippen LogP contribution in [0.2, 0.25) is 0 Å². The predicted molar refractivity (Wildman–Crippen MR) is 174 cm³/mol. The van der Waals surface area contributed by atoms with Crippen LogP contribution < -0.4 is 9.47 Å². The zero-order valence-corrected chi connectivity index (χ0v) is 31.0. The summed E-state index contributed by atoms with van der Waals surface area (Å²) in [6.07, 6.45) is 2.01. The summed E-state index contributed by atoms with van der Waals surface area (Å²) < 4.78 is 27.0. The molecule has 2 unspecified atom stereocenters. The van der Waals surface area contributed by atoms with E-state index >= 15 is 0 Å². The monoisotopic (exact) mass is 896 g/mol. The maximum Gasteiger partial charge on any atom is 0.147 e. The fraction of sp³-hybridized carbons (Fsp3) is 0.556. The molecule has 0 N–H and O–H groups in total. The van der Waals surface area contributed by atoms with Crippen molar-refractivity contribution in [3.8, 4) is 11.5 Å². The van der Waals surface area contributed by atoms with Gasteiger partial charge in [-0.1, -0.05) is 59.6 Å². The first kappa shape index (κ1) is 34.0. The minimum atomic E-state index is -0.287. The molecule has 2 aromatic rings. The van der Waals surface area contributed by atoms with Gasteiger partial charge in [0.05, 0.1) is 40.8 Å². The van der Waals surface area contributed by atoms with Gasteiger partial charge in [0.15, 0.2) is 0 Å². The Morgan fingerprint density at radius 3 is 1.24 bits per heavy atom. The van der Waals surface area contributed by atoms with Crippen molar-refractivity contribution in [3.05, 3.63) is 53.3 Å². The smallest absolute Gasteiger partial charge is 0.147 e. The van der Waals surface area contributed by atoms with E-state index in [0.717, 1.165) is 66.6 Å². The van der Waals surface area contributed by atoms with Gasteiger partial charge in [-0.05, 0) is 112 Å². The number of rotatable bonds is 16. The highest BCUT2D eigenvalue weighted by Crippen LogP contribution is 2.44. The summed E-state index contributed by atoms with van der Waals surface area (Å²) >= 11 is 22.1. The summed E-state index contributed by atoms with van der Waals surface area (Å²) in [5.74, 6) is 1.55. The van der Waals surface area contributed by atoms with E-state index in [2.05, 4.69) is 148 Å². The van der Waals surface area contributed by atoms with E-state index in [0.29, 0.717) is 26.4 Å². The molecular formula is C27H34Br6O4. The van der Waals surface area contributed by atoms with Crippen molar-refractivity contribution in [2.24, 2.45) is 0 Å². The molecule has 0 aromatic heterocycles. The second-order valence-corrected chi connectivity index (χ2v) is 15.1. The fourth-order valence-corrected chi connectivity index (χ4v) is 6.91. The van der Waals surface area contributed by atoms with Crippen LogP contribution in [0.3, 0.4) is 0 Å². The van der Waals surface area contributed by atoms with Gasteiger partial charge < -0.3 is 18.9 Å². The maximum absolute atomic E-state index is 6.10. The highest BCUT2D eigenvalue weighted by atomic mass is 79.9. The molecule has 0 aliphatic heterocycles. The van der Waals surface area contributed by atoms with E-state index in [9.17, 15) is 0 Å². The topological polar surface area (TPSA) is 36.9 Å². The minimum absolute atomic E-state index is 0.119. The van der Waals surface area contributed by atoms with E-state index < -0.39 is 0 Å². The van der Waals surface area contributed by atoms with Gasteiger partial charge >= 0.3 is 0 Å². The van der Waals surface area contributed by atoms with Crippen LogP contribution in [0.25, 0.3) is 0 Å². The van der Waals surface area contributed by atoms with Crippen LogP contribution in [0.5, 0.6) is 11.5 Å². The minimum Gasteiger partial charge on any atom is -0.490 e. The van der Waals surface area contributed by atoms with Crippen molar-refractivity contribution in [2.45, 2.75) is 55.6 Å². The van der Waals surface area contributed by atoms with Crippen LogP contribution in [0.1, 0.15) is 51.7 Å². The van der Waals surface area contributed by atoms with Crippen molar-refractivity contribution in [3.63, 3.8) is 0 Å². The van der Waals surface area contributed by atoms with Crippen molar-refractivity contribution in [1.29, 1.82) is 0 Å². The van der Waals surface area contributed by atoms with Gasteiger partial charge in [0.2, 0.25) is 0 Å². The quantitative estimate of drug-likeness (QED) is 0.124. The first-order valence-corrected chi connectivity index (χ1v) is 17.2. The zero-order valence-electron chi connectivity index (χ0n) is 21.5. The number of hydrogen-bond donors (Lipinski definition) is 0. The van der Waals surface area contributed by atoms with Gasteiger partial charge in [0.1, 0.15) is 24.7 Å². The van der Waals surface area contributed by atoms with Crippen molar-refractivity contribution in [1.82, 2.24) is 0 Å². The predicted octanol–water partition coefficient (Wildman–Crippen LogP) is 10.2. The van der Waals surface area contributed by atoms with Gasteiger partial charge in [-0.3, -0.25) is 0 Å². The first-order valence-electron chi connectivity index (χ1n) is 12.2. The lowest BCUT2D eigenvalue weighted by Crippen LogP contribution is -2.21. The molecule has 0 heterocycles. The van der Waals surface area contributed by atoms with E-state index in [-0.39, 0.29) is 15.1 Å². The molecule has 0 spiro atoms. The molecule has 2 aromatic carbocycles. The molecule has 37 heavy (non-hydrogen) atoms. The number of ether oxygens (including phenoxy) is 4. The lowest BCUT2D eigenvalue weighted by atomic mass is 9.78. The molecule has 0 aliphatic carbocycles. The first-order chi connectivity index (χ1) is 17.5. The van der Waals surface area contributed by atoms with Crippen molar-refractivity contribution in [2.75, 3.05) is 39.6 Å². The Kier molecular flexibility index (Phi) is 15.6. The van der Waals surface area contributed by atoms with Crippen molar-refractivity contribution >= 4 is 95.6 Å². The Balaban J connectivity index is 2.15. The number of halogens is 6. The summed E-state index contributed by atoms with van der Waals surface area (Å²) in [6, 6.07) is 8.48. The summed E-state index contributed by atoms with van der Waals surface area (Å²) in [7, 11) is 0. The van der Waals surface area contributed by atoms with Gasteiger partial charge in [-0.2, -0.15) is 0 Å². The summed E-state index contributed by atoms with van der Waals surface area (Å²) in [4.78, 5) is 0.237. The molecular weight excluding hydrogens is 868 g/mol. The molecule has 0 amide bonds. The average molecular weight is 902 g/mol. The third kappa shape index (κ3) is 10.6. The second-order valence-electron chi connectivity index (χ2n) is 9.13. The Bertz CT molecular complexity index is 877. The van der Waals surface area contributed by atoms with Crippen LogP contribution in [0.15, 0.2) is 42.2 Å². The summed E-state index contributed by atoms with van der Waals surface area (Å²) in [5.41, 5.74) is 1.99. The standard InChI is InChI=1S/C27H34Br6O4/c1-5-7-34-13-19(28)15-36-25-21(30)9-17(10-22(25)31)27(3,4)18-11-23(32)26(24(33)12-18)37-16-20(29)14-35-8-6-2/h9-12,19-20H,5-8,13-16H2,1-4H3. The Hall–Kier alpha value is 0.840.